The zero-order chi connectivity index (χ0) is 25.5. The summed E-state index contributed by atoms with van der Waals surface area (Å²) in [4.78, 5) is 20.3. The highest BCUT2D eigenvalue weighted by Gasteiger charge is 2.22. The summed E-state index contributed by atoms with van der Waals surface area (Å²) in [6.07, 6.45) is 1.06. The van der Waals surface area contributed by atoms with Crippen LogP contribution in [0, 0.1) is 6.92 Å². The zero-order valence-corrected chi connectivity index (χ0v) is 20.6. The molecular formula is C26H27N7O4. The molecule has 1 unspecified atom stereocenters. The number of nitrogens with zero attached hydrogens (tertiary/aromatic N) is 3. The minimum Gasteiger partial charge on any atom is -0.495 e. The average molecular weight is 502 g/mol. The van der Waals surface area contributed by atoms with E-state index < -0.39 is 6.23 Å². The van der Waals surface area contributed by atoms with E-state index in [9.17, 15) is 5.11 Å². The Labute approximate surface area is 212 Å². The van der Waals surface area contributed by atoms with Crippen molar-refractivity contribution in [3.05, 3.63) is 54.0 Å². The van der Waals surface area contributed by atoms with E-state index in [4.69, 9.17) is 14.2 Å². The van der Waals surface area contributed by atoms with E-state index in [2.05, 4.69) is 35.6 Å². The summed E-state index contributed by atoms with van der Waals surface area (Å²) in [5, 5.41) is 17.6. The van der Waals surface area contributed by atoms with Crippen molar-refractivity contribution in [1.29, 1.82) is 0 Å². The molecule has 1 saturated heterocycles. The van der Waals surface area contributed by atoms with Crippen molar-refractivity contribution in [2.75, 3.05) is 32.8 Å². The number of hydrogen-bond acceptors (Lipinski definition) is 9. The molecule has 0 aliphatic carbocycles. The lowest BCUT2D eigenvalue weighted by molar-refractivity contribution is -0.0321. The minimum atomic E-state index is -0.827. The molecule has 1 fully saturated rings. The summed E-state index contributed by atoms with van der Waals surface area (Å²) in [6.45, 7) is 3.11. The van der Waals surface area contributed by atoms with Crippen LogP contribution in [0.25, 0.3) is 33.2 Å². The van der Waals surface area contributed by atoms with Gasteiger partial charge >= 0.3 is 0 Å². The van der Waals surface area contributed by atoms with Gasteiger partial charge in [-0.05, 0) is 42.3 Å². The molecule has 5 N–H and O–H groups in total. The lowest BCUT2D eigenvalue weighted by Crippen LogP contribution is -2.47. The van der Waals surface area contributed by atoms with Crippen molar-refractivity contribution < 1.29 is 19.3 Å². The molecule has 1 aliphatic heterocycles. The van der Waals surface area contributed by atoms with Gasteiger partial charge < -0.3 is 34.6 Å². The van der Waals surface area contributed by atoms with Crippen molar-refractivity contribution in [1.82, 2.24) is 30.2 Å². The second kappa shape index (κ2) is 9.36. The third-order valence-corrected chi connectivity index (χ3v) is 6.42. The first-order valence-electron chi connectivity index (χ1n) is 11.9. The Kier molecular flexibility index (Phi) is 5.87. The van der Waals surface area contributed by atoms with Crippen LogP contribution in [0.5, 0.6) is 11.6 Å². The van der Waals surface area contributed by atoms with E-state index in [-0.39, 0.29) is 6.04 Å². The minimum absolute atomic E-state index is 0.141. The lowest BCUT2D eigenvalue weighted by atomic mass is 10.1. The Hall–Kier alpha value is -4.19. The first-order chi connectivity index (χ1) is 18.0. The second-order valence-corrected chi connectivity index (χ2v) is 8.92. The number of aryl methyl sites for hydroxylation is 1. The van der Waals surface area contributed by atoms with Crippen molar-refractivity contribution in [3.8, 4) is 22.8 Å². The van der Waals surface area contributed by atoms with Crippen LogP contribution < -0.4 is 20.1 Å². The van der Waals surface area contributed by atoms with Crippen LogP contribution in [-0.4, -0.2) is 63.5 Å². The number of imidazole rings is 1. The van der Waals surface area contributed by atoms with Gasteiger partial charge in [-0.25, -0.2) is 4.98 Å². The second-order valence-electron chi connectivity index (χ2n) is 8.92. The molecule has 11 nitrogen and oxygen atoms in total. The standard InChI is InChI=1S/C26H27N7O4/c1-13-28-18-6-4-14(8-20(18)29-13)17-10-27-23-22(17)25(36-3)33-26(32-23)31-19-7-5-15(9-21(19)35-2)24(34)30-16-11-37-12-16/h4-10,16,24,30,34H,11-12H2,1-3H3,(H,28,29)(H2,27,31,32,33). The summed E-state index contributed by atoms with van der Waals surface area (Å²) < 4.78 is 16.4. The molecule has 4 heterocycles. The fraction of sp³-hybridized carbons (Fsp3) is 0.269. The highest BCUT2D eigenvalue weighted by atomic mass is 16.5. The molecule has 37 heavy (non-hydrogen) atoms. The summed E-state index contributed by atoms with van der Waals surface area (Å²) in [5.74, 6) is 2.18. The molecule has 1 aliphatic rings. The van der Waals surface area contributed by atoms with Gasteiger partial charge in [-0.1, -0.05) is 12.1 Å². The van der Waals surface area contributed by atoms with Gasteiger partial charge in [-0.3, -0.25) is 5.32 Å². The number of aromatic amines is 2. The summed E-state index contributed by atoms with van der Waals surface area (Å²) in [7, 11) is 3.16. The van der Waals surface area contributed by atoms with Crippen LogP contribution in [0.1, 0.15) is 17.6 Å². The highest BCUT2D eigenvalue weighted by Crippen LogP contribution is 2.36. The van der Waals surface area contributed by atoms with Crippen molar-refractivity contribution in [2.24, 2.45) is 0 Å². The number of methoxy groups -OCH3 is 2. The van der Waals surface area contributed by atoms with Gasteiger partial charge in [0.1, 0.15) is 23.4 Å². The van der Waals surface area contributed by atoms with Crippen molar-refractivity contribution >= 4 is 33.7 Å². The predicted molar refractivity (Wildman–Crippen MR) is 139 cm³/mol. The molecule has 6 rings (SSSR count). The van der Waals surface area contributed by atoms with Gasteiger partial charge in [-0.2, -0.15) is 9.97 Å². The van der Waals surface area contributed by atoms with Crippen LogP contribution in [0.15, 0.2) is 42.6 Å². The lowest BCUT2D eigenvalue weighted by Gasteiger charge is -2.29. The van der Waals surface area contributed by atoms with Crippen LogP contribution >= 0.6 is 0 Å². The molecular weight excluding hydrogens is 474 g/mol. The van der Waals surface area contributed by atoms with Crippen LogP contribution in [0.4, 0.5) is 11.6 Å². The van der Waals surface area contributed by atoms with Crippen LogP contribution in [0.3, 0.4) is 0 Å². The van der Waals surface area contributed by atoms with E-state index in [1.165, 1.54) is 0 Å². The molecule has 0 amide bonds. The molecule has 190 valence electrons. The van der Waals surface area contributed by atoms with Gasteiger partial charge in [-0.15, -0.1) is 0 Å². The number of aliphatic hydroxyl groups excluding tert-OH is 1. The summed E-state index contributed by atoms with van der Waals surface area (Å²) in [5.41, 5.74) is 5.72. The van der Waals surface area contributed by atoms with E-state index in [0.29, 0.717) is 47.7 Å². The first kappa shape index (κ1) is 23.2. The number of rotatable bonds is 8. The van der Waals surface area contributed by atoms with Gasteiger partial charge in [0, 0.05) is 11.8 Å². The molecule has 2 aromatic carbocycles. The smallest absolute Gasteiger partial charge is 0.232 e. The third kappa shape index (κ3) is 4.33. The highest BCUT2D eigenvalue weighted by molar-refractivity contribution is 5.99. The molecule has 11 heteroatoms. The number of ether oxygens (including phenoxy) is 3. The number of fused-ring (bicyclic) bond motifs is 2. The maximum atomic E-state index is 10.5. The third-order valence-electron chi connectivity index (χ3n) is 6.42. The fourth-order valence-corrected chi connectivity index (χ4v) is 4.49. The monoisotopic (exact) mass is 501 g/mol. The molecule has 1 atom stereocenters. The summed E-state index contributed by atoms with van der Waals surface area (Å²) in [6, 6.07) is 11.6. The fourth-order valence-electron chi connectivity index (χ4n) is 4.49. The Morgan fingerprint density at radius 1 is 1.08 bits per heavy atom. The molecule has 0 radical (unpaired) electrons. The van der Waals surface area contributed by atoms with E-state index in [1.807, 2.05) is 43.5 Å². The first-order valence-corrected chi connectivity index (χ1v) is 11.9. The SMILES string of the molecule is COc1cc(C(O)NC2COC2)ccc1Nc1nc(OC)c2c(-c3ccc4[nH]c(C)nc4c3)c[nH]c2n1. The van der Waals surface area contributed by atoms with Crippen molar-refractivity contribution in [3.63, 3.8) is 0 Å². The number of H-pyrrole nitrogens is 2. The number of aliphatic hydroxyl groups is 1. The molecule has 0 bridgehead atoms. The maximum absolute atomic E-state index is 10.5. The number of benzene rings is 2. The van der Waals surface area contributed by atoms with Gasteiger partial charge in [0.15, 0.2) is 0 Å². The topological polar surface area (TPSA) is 142 Å². The van der Waals surface area contributed by atoms with E-state index in [1.54, 1.807) is 20.3 Å². The van der Waals surface area contributed by atoms with Crippen LogP contribution in [0.2, 0.25) is 0 Å². The number of nitrogens with one attached hydrogen (secondary N) is 4. The maximum Gasteiger partial charge on any atom is 0.232 e. The Morgan fingerprint density at radius 3 is 2.70 bits per heavy atom. The molecule has 0 spiro atoms. The van der Waals surface area contributed by atoms with E-state index >= 15 is 0 Å². The van der Waals surface area contributed by atoms with Gasteiger partial charge in [0.05, 0.1) is 55.6 Å². The summed E-state index contributed by atoms with van der Waals surface area (Å²) >= 11 is 0. The van der Waals surface area contributed by atoms with Gasteiger partial charge in [0.2, 0.25) is 11.8 Å². The Balaban J connectivity index is 1.31. The number of anilines is 2. The van der Waals surface area contributed by atoms with E-state index in [0.717, 1.165) is 33.4 Å². The molecule has 5 aromatic rings. The Morgan fingerprint density at radius 2 is 1.95 bits per heavy atom. The van der Waals surface area contributed by atoms with Crippen molar-refractivity contribution in [2.45, 2.75) is 19.2 Å². The number of aromatic nitrogens is 5. The normalized spacial score (nSPS) is 14.6. The largest absolute Gasteiger partial charge is 0.495 e. The molecule has 3 aromatic heterocycles. The zero-order valence-electron chi connectivity index (χ0n) is 20.6. The predicted octanol–water partition coefficient (Wildman–Crippen LogP) is 3.55. The van der Waals surface area contributed by atoms with Crippen LogP contribution in [-0.2, 0) is 4.74 Å². The van der Waals surface area contributed by atoms with Gasteiger partial charge in [0.25, 0.3) is 0 Å². The Bertz CT molecular complexity index is 1590. The average Bonchev–Trinajstić information content (AvgIpc) is 3.47. The molecule has 0 saturated carbocycles. The number of hydrogen-bond donors (Lipinski definition) is 5. The quantitative estimate of drug-likeness (QED) is 0.202.